The summed E-state index contributed by atoms with van der Waals surface area (Å²) in [5.74, 6) is -0.454. The summed E-state index contributed by atoms with van der Waals surface area (Å²) in [4.78, 5) is 11.3. The molecule has 0 saturated carbocycles. The van der Waals surface area contributed by atoms with E-state index in [0.29, 0.717) is 18.7 Å². The summed E-state index contributed by atoms with van der Waals surface area (Å²) in [6.07, 6.45) is 1.46. The number of hydrogen-bond donors (Lipinski definition) is 1. The molecule has 0 radical (unpaired) electrons. The lowest BCUT2D eigenvalue weighted by molar-refractivity contribution is -0.139. The molecule has 0 saturated heterocycles. The van der Waals surface area contributed by atoms with Gasteiger partial charge in [0.25, 0.3) is 0 Å². The summed E-state index contributed by atoms with van der Waals surface area (Å²) in [6, 6.07) is 14.6. The second kappa shape index (κ2) is 8.82. The van der Waals surface area contributed by atoms with E-state index in [1.807, 2.05) is 38.1 Å². The Morgan fingerprint density at radius 2 is 1.54 bits per heavy atom. The lowest BCUT2D eigenvalue weighted by Gasteiger charge is -2.11. The highest BCUT2D eigenvalue weighted by Crippen LogP contribution is 2.25. The van der Waals surface area contributed by atoms with Crippen molar-refractivity contribution in [1.82, 2.24) is 0 Å². The topological polar surface area (TPSA) is 71.2 Å². The van der Waals surface area contributed by atoms with E-state index in [-0.39, 0.29) is 0 Å². The van der Waals surface area contributed by atoms with Crippen LogP contribution in [0.1, 0.15) is 38.2 Å². The van der Waals surface area contributed by atoms with E-state index in [1.165, 1.54) is 0 Å². The van der Waals surface area contributed by atoms with Crippen molar-refractivity contribution in [3.63, 3.8) is 0 Å². The molecule has 1 unspecified atom stereocenters. The van der Waals surface area contributed by atoms with Gasteiger partial charge in [0.05, 0.1) is 23.9 Å². The lowest BCUT2D eigenvalue weighted by Crippen LogP contribution is -2.10. The Bertz CT molecular complexity index is 679. The number of azo groups is 1. The van der Waals surface area contributed by atoms with Crippen molar-refractivity contribution in [3.05, 3.63) is 54.1 Å². The fraction of sp³-hybridized carbons (Fsp3) is 0.316. The Morgan fingerprint density at radius 3 is 2.00 bits per heavy atom. The van der Waals surface area contributed by atoms with E-state index in [1.54, 1.807) is 24.3 Å². The van der Waals surface area contributed by atoms with Gasteiger partial charge in [0.15, 0.2) is 0 Å². The first kappa shape index (κ1) is 17.7. The molecule has 2 aromatic carbocycles. The number of hydrogen-bond acceptors (Lipinski definition) is 4. The molecule has 2 aromatic rings. The summed E-state index contributed by atoms with van der Waals surface area (Å²) in [5.41, 5.74) is 2.22. The normalized spacial score (nSPS) is 12.2. The van der Waals surface area contributed by atoms with Crippen LogP contribution in [0.4, 0.5) is 11.4 Å². The van der Waals surface area contributed by atoms with Crippen molar-refractivity contribution >= 4 is 17.3 Å². The summed E-state index contributed by atoms with van der Waals surface area (Å²) in [6.45, 7) is 4.55. The minimum atomic E-state index is -0.791. The molecule has 126 valence electrons. The highest BCUT2D eigenvalue weighted by molar-refractivity contribution is 5.76. The highest BCUT2D eigenvalue weighted by Gasteiger charge is 2.18. The first-order valence-corrected chi connectivity index (χ1v) is 8.11. The number of ether oxygens (including phenoxy) is 1. The Hall–Kier alpha value is -2.69. The third kappa shape index (κ3) is 4.91. The summed E-state index contributed by atoms with van der Waals surface area (Å²) < 4.78 is 5.38. The van der Waals surface area contributed by atoms with Gasteiger partial charge < -0.3 is 9.84 Å². The molecule has 0 amide bonds. The Labute approximate surface area is 142 Å². The molecule has 0 bridgehead atoms. The Morgan fingerprint density at radius 1 is 1.00 bits per heavy atom. The van der Waals surface area contributed by atoms with Gasteiger partial charge in [0.2, 0.25) is 0 Å². The maximum absolute atomic E-state index is 11.3. The summed E-state index contributed by atoms with van der Waals surface area (Å²) in [5, 5.41) is 17.6. The third-order valence-corrected chi connectivity index (χ3v) is 3.60. The molecule has 24 heavy (non-hydrogen) atoms. The third-order valence-electron chi connectivity index (χ3n) is 3.60. The molecule has 0 heterocycles. The number of carboxylic acids is 1. The second-order valence-electron chi connectivity index (χ2n) is 5.40. The highest BCUT2D eigenvalue weighted by atomic mass is 16.5. The van der Waals surface area contributed by atoms with Crippen LogP contribution in [0, 0.1) is 0 Å². The number of nitrogens with zero attached hydrogens (tertiary/aromatic N) is 2. The van der Waals surface area contributed by atoms with Crippen LogP contribution in [0.2, 0.25) is 0 Å². The molecule has 2 rings (SSSR count). The van der Waals surface area contributed by atoms with E-state index in [0.717, 1.165) is 23.4 Å². The van der Waals surface area contributed by atoms with Crippen LogP contribution >= 0.6 is 0 Å². The van der Waals surface area contributed by atoms with E-state index < -0.39 is 11.9 Å². The Kier molecular flexibility index (Phi) is 6.49. The van der Waals surface area contributed by atoms with Crippen molar-refractivity contribution in [2.24, 2.45) is 10.2 Å². The van der Waals surface area contributed by atoms with Crippen LogP contribution in [0.3, 0.4) is 0 Å². The molecule has 1 N–H and O–H groups in total. The quantitative estimate of drug-likeness (QED) is 0.654. The van der Waals surface area contributed by atoms with Crippen molar-refractivity contribution in [3.8, 4) is 5.75 Å². The zero-order valence-electron chi connectivity index (χ0n) is 14.0. The van der Waals surface area contributed by atoms with Crippen molar-refractivity contribution in [2.75, 3.05) is 6.61 Å². The molecular weight excluding hydrogens is 304 g/mol. The van der Waals surface area contributed by atoms with Crippen LogP contribution in [0.25, 0.3) is 0 Å². The molecule has 1 atom stereocenters. The summed E-state index contributed by atoms with van der Waals surface area (Å²) >= 11 is 0. The minimum absolute atomic E-state index is 0.466. The zero-order chi connectivity index (χ0) is 17.4. The zero-order valence-corrected chi connectivity index (χ0v) is 14.0. The Balaban J connectivity index is 2.06. The fourth-order valence-corrected chi connectivity index (χ4v) is 2.39. The van der Waals surface area contributed by atoms with E-state index in [2.05, 4.69) is 10.2 Å². The largest absolute Gasteiger partial charge is 0.494 e. The van der Waals surface area contributed by atoms with E-state index in [9.17, 15) is 9.90 Å². The van der Waals surface area contributed by atoms with Crippen LogP contribution in [-0.4, -0.2) is 17.7 Å². The van der Waals surface area contributed by atoms with E-state index in [4.69, 9.17) is 4.74 Å². The molecule has 0 aliphatic rings. The van der Waals surface area contributed by atoms with Gasteiger partial charge in [-0.15, -0.1) is 0 Å². The molecule has 0 spiro atoms. The molecule has 0 aliphatic heterocycles. The maximum atomic E-state index is 11.3. The van der Waals surface area contributed by atoms with Gasteiger partial charge >= 0.3 is 5.97 Å². The van der Waals surface area contributed by atoms with Crippen LogP contribution in [-0.2, 0) is 4.79 Å². The SMILES string of the molecule is CCCC(C(=O)O)c1ccc(N=Nc2ccc(OCC)cc2)cc1. The number of carboxylic acid groups (broad SMARTS) is 1. The summed E-state index contributed by atoms with van der Waals surface area (Å²) in [7, 11) is 0. The van der Waals surface area contributed by atoms with E-state index >= 15 is 0 Å². The average molecular weight is 326 g/mol. The second-order valence-corrected chi connectivity index (χ2v) is 5.40. The molecule has 0 fully saturated rings. The predicted octanol–water partition coefficient (Wildman–Crippen LogP) is 5.47. The maximum Gasteiger partial charge on any atom is 0.310 e. The van der Waals surface area contributed by atoms with Crippen LogP contribution < -0.4 is 4.74 Å². The van der Waals surface area contributed by atoms with Gasteiger partial charge in [-0.1, -0.05) is 25.5 Å². The monoisotopic (exact) mass is 326 g/mol. The molecule has 0 aromatic heterocycles. The van der Waals surface area contributed by atoms with Gasteiger partial charge in [0, 0.05) is 0 Å². The minimum Gasteiger partial charge on any atom is -0.494 e. The van der Waals surface area contributed by atoms with Crippen molar-refractivity contribution in [2.45, 2.75) is 32.6 Å². The number of aliphatic carboxylic acids is 1. The molecule has 5 heteroatoms. The van der Waals surface area contributed by atoms with Crippen LogP contribution in [0.15, 0.2) is 58.8 Å². The number of benzene rings is 2. The van der Waals surface area contributed by atoms with Gasteiger partial charge in [-0.05, 0) is 55.3 Å². The molecular formula is C19H22N2O3. The van der Waals surface area contributed by atoms with Gasteiger partial charge in [0.1, 0.15) is 5.75 Å². The molecule has 0 aliphatic carbocycles. The van der Waals surface area contributed by atoms with Crippen molar-refractivity contribution in [1.29, 1.82) is 0 Å². The first-order valence-electron chi connectivity index (χ1n) is 8.11. The molecule has 5 nitrogen and oxygen atoms in total. The van der Waals surface area contributed by atoms with Gasteiger partial charge in [-0.2, -0.15) is 10.2 Å². The van der Waals surface area contributed by atoms with Crippen molar-refractivity contribution < 1.29 is 14.6 Å². The lowest BCUT2D eigenvalue weighted by atomic mass is 9.94. The standard InChI is InChI=1S/C19H22N2O3/c1-3-5-18(19(22)23)14-6-8-15(9-7-14)20-21-16-10-12-17(13-11-16)24-4-2/h6-13,18H,3-5H2,1-2H3,(H,22,23). The number of carbonyl (C=O) groups is 1. The first-order chi connectivity index (χ1) is 11.6. The van der Waals surface area contributed by atoms with Crippen LogP contribution in [0.5, 0.6) is 5.75 Å². The predicted molar refractivity (Wildman–Crippen MR) is 93.5 cm³/mol. The van der Waals surface area contributed by atoms with Gasteiger partial charge in [-0.3, -0.25) is 4.79 Å². The fourth-order valence-electron chi connectivity index (χ4n) is 2.39. The smallest absolute Gasteiger partial charge is 0.310 e. The average Bonchev–Trinajstić information content (AvgIpc) is 2.60. The van der Waals surface area contributed by atoms with Gasteiger partial charge in [-0.25, -0.2) is 0 Å². The number of rotatable bonds is 8.